The minimum atomic E-state index is -1.52. The highest BCUT2D eigenvalue weighted by atomic mass is 28.4. The second-order valence-electron chi connectivity index (χ2n) is 15.1. The summed E-state index contributed by atoms with van der Waals surface area (Å²) in [4.78, 5) is 0. The predicted octanol–water partition coefficient (Wildman–Crippen LogP) is 6.03. The Morgan fingerprint density at radius 3 is 0.647 bits per heavy atom. The molecule has 1 aromatic rings. The molecular formula is C26H54Si8. The van der Waals surface area contributed by atoms with Crippen LogP contribution in [0.2, 0.25) is 125 Å². The lowest BCUT2D eigenvalue weighted by molar-refractivity contribution is 1.06. The zero-order valence-electron chi connectivity index (χ0n) is 25.5. The van der Waals surface area contributed by atoms with Crippen molar-refractivity contribution in [1.82, 2.24) is 0 Å². The third kappa shape index (κ3) is 4.25. The van der Waals surface area contributed by atoms with Gasteiger partial charge in [-0.15, -0.1) is 0 Å². The van der Waals surface area contributed by atoms with Gasteiger partial charge in [-0.3, -0.25) is 0 Å². The number of fused-ring (bicyclic) bond motifs is 2. The molecule has 0 aromatic heterocycles. The molecule has 4 unspecified atom stereocenters. The highest BCUT2D eigenvalue weighted by molar-refractivity contribution is 7.16. The van der Waals surface area contributed by atoms with Gasteiger partial charge in [0, 0.05) is 35.2 Å². The topological polar surface area (TPSA) is 0 Å². The third-order valence-electron chi connectivity index (χ3n) is 10.2. The number of rotatable bonds is 4. The molecule has 8 heteroatoms. The van der Waals surface area contributed by atoms with Crippen molar-refractivity contribution in [3.63, 3.8) is 0 Å². The fourth-order valence-electron chi connectivity index (χ4n) is 9.29. The first-order valence-electron chi connectivity index (χ1n) is 13.6. The Labute approximate surface area is 224 Å². The molecule has 0 bridgehead atoms. The van der Waals surface area contributed by atoms with Crippen LogP contribution in [0.1, 0.15) is 0 Å². The van der Waals surface area contributed by atoms with E-state index in [-0.39, 0.29) is 35.2 Å². The van der Waals surface area contributed by atoms with Gasteiger partial charge in [0.25, 0.3) is 0 Å². The lowest BCUT2D eigenvalue weighted by Gasteiger charge is -2.58. The number of hydrogen-bond acceptors (Lipinski definition) is 0. The second-order valence-corrected chi connectivity index (χ2v) is 46.9. The van der Waals surface area contributed by atoms with Crippen molar-refractivity contribution < 1.29 is 0 Å². The molecule has 4 radical (unpaired) electrons. The zero-order chi connectivity index (χ0) is 26.3. The second kappa shape index (κ2) is 9.30. The average molecular weight is 591 g/mol. The Hall–Kier alpha value is 0.955. The predicted molar refractivity (Wildman–Crippen MR) is 180 cm³/mol. The molecule has 0 N–H and O–H groups in total. The van der Waals surface area contributed by atoms with E-state index in [0.717, 1.165) is 20.7 Å². The molecule has 0 fully saturated rings. The van der Waals surface area contributed by atoms with E-state index >= 15 is 0 Å². The standard InChI is InChI=1S/C26H54Si8/c1-27(2)23-24(28(3)4)32(11,12)20-18-22-21(17-19(20)31(23,9)10)33(13,14)25(29(5)6)26(30(7)8)34(22,15)16/h17-18,23-26H,1-16H3. The number of hydrogen-bond donors (Lipinski definition) is 0. The molecule has 190 valence electrons. The van der Waals surface area contributed by atoms with E-state index in [2.05, 4.69) is 117 Å². The van der Waals surface area contributed by atoms with E-state index in [1.807, 2.05) is 20.7 Å². The van der Waals surface area contributed by atoms with Gasteiger partial charge in [0.15, 0.2) is 0 Å². The summed E-state index contributed by atoms with van der Waals surface area (Å²) in [6.45, 7) is 43.7. The van der Waals surface area contributed by atoms with Gasteiger partial charge in [-0.2, -0.15) is 0 Å². The highest BCUT2D eigenvalue weighted by Crippen LogP contribution is 2.49. The Morgan fingerprint density at radius 2 is 0.529 bits per heavy atom. The minimum absolute atomic E-state index is 0.311. The number of benzene rings is 1. The van der Waals surface area contributed by atoms with Crippen LogP contribution in [0.3, 0.4) is 0 Å². The van der Waals surface area contributed by atoms with Gasteiger partial charge in [0.1, 0.15) is 0 Å². The maximum Gasteiger partial charge on any atom is 0.0804 e. The van der Waals surface area contributed by atoms with E-state index in [9.17, 15) is 0 Å². The van der Waals surface area contributed by atoms with Crippen molar-refractivity contribution in [1.29, 1.82) is 0 Å². The molecule has 0 amide bonds. The molecule has 0 nitrogen and oxygen atoms in total. The summed E-state index contributed by atoms with van der Waals surface area (Å²) in [7, 11) is -7.31. The molecule has 2 aliphatic heterocycles. The van der Waals surface area contributed by atoms with E-state index in [1.165, 1.54) is 0 Å². The summed E-state index contributed by atoms with van der Waals surface area (Å²) in [6, 6.07) is 5.95. The van der Waals surface area contributed by atoms with Crippen LogP contribution < -0.4 is 20.7 Å². The Morgan fingerprint density at radius 1 is 0.382 bits per heavy atom. The maximum absolute atomic E-state index is 2.98. The van der Waals surface area contributed by atoms with Crippen LogP contribution in [0.5, 0.6) is 0 Å². The first-order valence-corrected chi connectivity index (χ1v) is 36.2. The third-order valence-corrected chi connectivity index (χ3v) is 50.0. The summed E-state index contributed by atoms with van der Waals surface area (Å²) in [5, 5.41) is 12.1. The molecule has 1 aromatic carbocycles. The first-order chi connectivity index (χ1) is 15.2. The molecule has 0 aliphatic carbocycles. The quantitative estimate of drug-likeness (QED) is 0.376. The van der Waals surface area contributed by atoms with Gasteiger partial charge in [-0.1, -0.05) is 138 Å². The van der Waals surface area contributed by atoms with Gasteiger partial charge in [-0.05, 0) is 20.7 Å². The van der Waals surface area contributed by atoms with Crippen molar-refractivity contribution in [2.75, 3.05) is 0 Å². The van der Waals surface area contributed by atoms with Crippen molar-refractivity contribution in [3.8, 4) is 0 Å². The van der Waals surface area contributed by atoms with Crippen LogP contribution in [0.15, 0.2) is 12.1 Å². The van der Waals surface area contributed by atoms with Gasteiger partial charge in [0.05, 0.1) is 32.3 Å². The van der Waals surface area contributed by atoms with Gasteiger partial charge < -0.3 is 0 Å². The zero-order valence-corrected chi connectivity index (χ0v) is 33.5. The van der Waals surface area contributed by atoms with E-state index < -0.39 is 32.3 Å². The molecular weight excluding hydrogens is 537 g/mol. The summed E-state index contributed by atoms with van der Waals surface area (Å²) in [5.74, 6) is 0. The average Bonchev–Trinajstić information content (AvgIpc) is 2.65. The van der Waals surface area contributed by atoms with Crippen molar-refractivity contribution >= 4 is 88.2 Å². The SMILES string of the molecule is C[Si](C)C1C([Si](C)C)[Si](C)(C)c2cc3c(cc2[Si]1(C)C)[Si](C)(C)C([Si](C)C)C([Si](C)C)[Si]3(C)C. The monoisotopic (exact) mass is 590 g/mol. The highest BCUT2D eigenvalue weighted by Gasteiger charge is 2.59. The Balaban J connectivity index is 2.44. The Kier molecular flexibility index (Phi) is 8.08. The normalized spacial score (nSPS) is 31.2. The van der Waals surface area contributed by atoms with Gasteiger partial charge in [-0.25, -0.2) is 0 Å². The van der Waals surface area contributed by atoms with Crippen molar-refractivity contribution in [2.45, 2.75) is 125 Å². The largest absolute Gasteiger partial charge is 0.0804 e. The molecule has 0 saturated heterocycles. The smallest absolute Gasteiger partial charge is 0.0713 e. The van der Waals surface area contributed by atoms with E-state index in [4.69, 9.17) is 0 Å². The lowest BCUT2D eigenvalue weighted by atomic mass is 10.3. The maximum atomic E-state index is 2.98. The fourth-order valence-corrected chi connectivity index (χ4v) is 68.9. The van der Waals surface area contributed by atoms with E-state index in [1.54, 1.807) is 0 Å². The van der Waals surface area contributed by atoms with Crippen LogP contribution >= 0.6 is 0 Å². The summed E-state index contributed by atoms with van der Waals surface area (Å²) < 4.78 is 0. The molecule has 0 saturated carbocycles. The van der Waals surface area contributed by atoms with Crippen molar-refractivity contribution in [3.05, 3.63) is 12.1 Å². The van der Waals surface area contributed by atoms with Crippen LogP contribution in [0, 0.1) is 0 Å². The summed E-state index contributed by atoms with van der Waals surface area (Å²) >= 11 is 0. The molecule has 4 atom stereocenters. The first kappa shape index (κ1) is 29.5. The van der Waals surface area contributed by atoms with Gasteiger partial charge >= 0.3 is 0 Å². The Bertz CT molecular complexity index is 783. The van der Waals surface area contributed by atoms with Crippen molar-refractivity contribution in [2.24, 2.45) is 0 Å². The van der Waals surface area contributed by atoms with Crippen LogP contribution in [0.25, 0.3) is 0 Å². The van der Waals surface area contributed by atoms with Crippen LogP contribution in [-0.4, -0.2) is 67.5 Å². The molecule has 0 spiro atoms. The van der Waals surface area contributed by atoms with Gasteiger partial charge in [0.2, 0.25) is 0 Å². The summed E-state index contributed by atoms with van der Waals surface area (Å²) in [6.07, 6.45) is 0. The fraction of sp³-hybridized carbons (Fsp3) is 0.769. The lowest BCUT2D eigenvalue weighted by Crippen LogP contribution is -2.78. The molecule has 3 rings (SSSR count). The molecule has 2 heterocycles. The molecule has 2 aliphatic rings. The van der Waals surface area contributed by atoms with E-state index in [0.29, 0.717) is 0 Å². The summed E-state index contributed by atoms with van der Waals surface area (Å²) in [5.41, 5.74) is 0. The molecule has 34 heavy (non-hydrogen) atoms. The van der Waals surface area contributed by atoms with Crippen LogP contribution in [0.4, 0.5) is 0 Å². The van der Waals surface area contributed by atoms with Crippen LogP contribution in [-0.2, 0) is 0 Å². The minimum Gasteiger partial charge on any atom is -0.0713 e.